The summed E-state index contributed by atoms with van der Waals surface area (Å²) in [6.45, 7) is 23.1. The highest BCUT2D eigenvalue weighted by atomic mass is 16.6. The van der Waals surface area contributed by atoms with Crippen molar-refractivity contribution >= 4 is 11.8 Å². The van der Waals surface area contributed by atoms with Crippen LogP contribution >= 0.6 is 0 Å². The van der Waals surface area contributed by atoms with Crippen LogP contribution in [0.3, 0.4) is 0 Å². The van der Waals surface area contributed by atoms with E-state index in [9.17, 15) is 9.90 Å². The van der Waals surface area contributed by atoms with Gasteiger partial charge in [-0.05, 0) is 45.8 Å². The number of carbonyl (C=O) groups is 1. The van der Waals surface area contributed by atoms with E-state index in [1.807, 2.05) is 105 Å². The molecule has 1 aromatic rings. The maximum atomic E-state index is 11.8. The van der Waals surface area contributed by atoms with Gasteiger partial charge in [0.25, 0.3) is 0 Å². The highest BCUT2D eigenvalue weighted by molar-refractivity contribution is 5.68. The Labute approximate surface area is 199 Å². The summed E-state index contributed by atoms with van der Waals surface area (Å²) < 4.78 is 5.20. The number of amides is 1. The molecule has 0 radical (unpaired) electrons. The average molecular weight is 453 g/mol. The second kappa shape index (κ2) is 25.0. The number of rotatable bonds is 6. The van der Waals surface area contributed by atoms with Crippen molar-refractivity contribution in [1.82, 2.24) is 5.32 Å². The van der Waals surface area contributed by atoms with E-state index in [0.29, 0.717) is 12.1 Å². The fourth-order valence-electron chi connectivity index (χ4n) is 2.05. The molecule has 1 aromatic carbocycles. The zero-order valence-corrected chi connectivity index (χ0v) is 22.9. The lowest BCUT2D eigenvalue weighted by Gasteiger charge is -2.22. The maximum Gasteiger partial charge on any atom is 0.407 e. The molecule has 32 heavy (non-hydrogen) atoms. The number of aliphatic hydroxyl groups excluding tert-OH is 1. The van der Waals surface area contributed by atoms with Crippen LogP contribution in [0.1, 0.15) is 95.1 Å². The zero-order valence-electron chi connectivity index (χ0n) is 22.9. The molecule has 0 bridgehead atoms. The first-order chi connectivity index (χ1) is 15.2. The van der Waals surface area contributed by atoms with Gasteiger partial charge in [0.15, 0.2) is 0 Å². The first kappa shape index (κ1) is 37.1. The highest BCUT2D eigenvalue weighted by Gasteiger charge is 2.19. The number of ether oxygens (including phenoxy) is 1. The molecule has 0 aliphatic heterocycles. The van der Waals surface area contributed by atoms with Crippen molar-refractivity contribution in [2.45, 2.75) is 101 Å². The molecule has 0 fully saturated rings. The number of benzene rings is 1. The molecule has 4 N–H and O–H groups in total. The van der Waals surface area contributed by atoms with Crippen LogP contribution in [0, 0.1) is 0 Å². The third-order valence-corrected chi connectivity index (χ3v) is 3.16. The van der Waals surface area contributed by atoms with Gasteiger partial charge in [0, 0.05) is 5.70 Å². The van der Waals surface area contributed by atoms with Gasteiger partial charge >= 0.3 is 6.09 Å². The van der Waals surface area contributed by atoms with E-state index in [1.165, 1.54) is 0 Å². The molecule has 1 rings (SSSR count). The molecule has 0 aromatic heterocycles. The summed E-state index contributed by atoms with van der Waals surface area (Å²) >= 11 is 0. The third-order valence-electron chi connectivity index (χ3n) is 3.16. The van der Waals surface area contributed by atoms with Gasteiger partial charge < -0.3 is 20.9 Å². The normalized spacial score (nSPS) is 11.4. The van der Waals surface area contributed by atoms with Crippen molar-refractivity contribution in [2.75, 3.05) is 6.61 Å². The molecule has 0 aliphatic carbocycles. The molecule has 0 heterocycles. The third kappa shape index (κ3) is 22.4. The largest absolute Gasteiger partial charge is 0.444 e. The van der Waals surface area contributed by atoms with E-state index in [4.69, 9.17) is 10.5 Å². The molecule has 1 amide bonds. The van der Waals surface area contributed by atoms with Crippen molar-refractivity contribution in [1.29, 1.82) is 0 Å². The van der Waals surface area contributed by atoms with E-state index < -0.39 is 17.7 Å². The first-order valence-corrected chi connectivity index (χ1v) is 12.0. The number of alkyl carbamates (subject to hydrolysis) is 1. The lowest BCUT2D eigenvalue weighted by Crippen LogP contribution is -2.41. The Bertz CT molecular complexity index is 589. The molecule has 0 saturated heterocycles. The molecule has 188 valence electrons. The average Bonchev–Trinajstić information content (AvgIpc) is 2.81. The van der Waals surface area contributed by atoms with Crippen LogP contribution in [0.2, 0.25) is 0 Å². The summed E-state index contributed by atoms with van der Waals surface area (Å²) in [7, 11) is 0. The Hall–Kier alpha value is -2.27. The maximum absolute atomic E-state index is 11.8. The van der Waals surface area contributed by atoms with Crippen LogP contribution in [-0.2, 0) is 4.74 Å². The Morgan fingerprint density at radius 3 is 1.88 bits per heavy atom. The van der Waals surface area contributed by atoms with E-state index >= 15 is 0 Å². The lowest BCUT2D eigenvalue weighted by molar-refractivity contribution is 0.0483. The summed E-state index contributed by atoms with van der Waals surface area (Å²) in [5, 5.41) is 12.1. The number of allylic oxidation sites excluding steroid dienone is 2. The van der Waals surface area contributed by atoms with E-state index in [2.05, 4.69) is 5.32 Å². The summed E-state index contributed by atoms with van der Waals surface area (Å²) in [5.41, 5.74) is 8.07. The molecule has 0 spiro atoms. The Morgan fingerprint density at radius 2 is 1.47 bits per heavy atom. The second-order valence-electron chi connectivity index (χ2n) is 6.73. The van der Waals surface area contributed by atoms with Crippen LogP contribution in [-0.4, -0.2) is 29.4 Å². The summed E-state index contributed by atoms with van der Waals surface area (Å²) in [6.07, 6.45) is 3.69. The molecule has 5 heteroatoms. The first-order valence-electron chi connectivity index (χ1n) is 12.0. The Kier molecular flexibility index (Phi) is 29.0. The fourth-order valence-corrected chi connectivity index (χ4v) is 2.05. The summed E-state index contributed by atoms with van der Waals surface area (Å²) in [6, 6.07) is 9.28. The SMILES string of the molecule is C/C(=C\C=C(/N)c1ccccc1)CC(CO)NC(=O)OC(C)(C)C.CC.CC.CC.CC. The Morgan fingerprint density at radius 1 is 1.00 bits per heavy atom. The van der Waals surface area contributed by atoms with Crippen LogP contribution in [0.25, 0.3) is 5.70 Å². The molecular weight excluding hydrogens is 400 g/mol. The molecule has 5 nitrogen and oxygen atoms in total. The lowest BCUT2D eigenvalue weighted by atomic mass is 10.1. The molecular formula is C27H52N2O3. The van der Waals surface area contributed by atoms with Crippen molar-refractivity contribution in [2.24, 2.45) is 5.73 Å². The second-order valence-corrected chi connectivity index (χ2v) is 6.73. The topological polar surface area (TPSA) is 84.6 Å². The van der Waals surface area contributed by atoms with Crippen LogP contribution in [0.5, 0.6) is 0 Å². The van der Waals surface area contributed by atoms with Gasteiger partial charge in [-0.25, -0.2) is 4.79 Å². The van der Waals surface area contributed by atoms with Gasteiger partial charge in [-0.15, -0.1) is 0 Å². The van der Waals surface area contributed by atoms with Gasteiger partial charge in [0.2, 0.25) is 0 Å². The number of hydrogen-bond donors (Lipinski definition) is 3. The number of nitrogens with two attached hydrogens (primary N) is 1. The number of hydrogen-bond acceptors (Lipinski definition) is 4. The van der Waals surface area contributed by atoms with Crippen molar-refractivity contribution < 1.29 is 14.6 Å². The van der Waals surface area contributed by atoms with Gasteiger partial charge in [-0.2, -0.15) is 0 Å². The van der Waals surface area contributed by atoms with Crippen LogP contribution in [0.15, 0.2) is 48.1 Å². The monoisotopic (exact) mass is 452 g/mol. The summed E-state index contributed by atoms with van der Waals surface area (Å²) in [5.74, 6) is 0. The highest BCUT2D eigenvalue weighted by Crippen LogP contribution is 2.12. The van der Waals surface area contributed by atoms with Gasteiger partial charge in [-0.3, -0.25) is 0 Å². The van der Waals surface area contributed by atoms with Gasteiger partial charge in [0.05, 0.1) is 12.6 Å². The predicted octanol–water partition coefficient (Wildman–Crippen LogP) is 7.31. The van der Waals surface area contributed by atoms with Crippen LogP contribution in [0.4, 0.5) is 4.79 Å². The minimum absolute atomic E-state index is 0.164. The number of nitrogens with one attached hydrogen (secondary N) is 1. The number of aliphatic hydroxyl groups is 1. The van der Waals surface area contributed by atoms with E-state index in [-0.39, 0.29) is 6.61 Å². The van der Waals surface area contributed by atoms with E-state index in [1.54, 1.807) is 20.8 Å². The minimum Gasteiger partial charge on any atom is -0.444 e. The molecule has 0 saturated carbocycles. The van der Waals surface area contributed by atoms with E-state index in [0.717, 1.165) is 11.1 Å². The van der Waals surface area contributed by atoms with Gasteiger partial charge in [-0.1, -0.05) is 97.4 Å². The predicted molar refractivity (Wildman–Crippen MR) is 143 cm³/mol. The van der Waals surface area contributed by atoms with Crippen molar-refractivity contribution in [3.8, 4) is 0 Å². The Balaban J connectivity index is -0.000000439. The molecule has 1 atom stereocenters. The van der Waals surface area contributed by atoms with Crippen molar-refractivity contribution in [3.63, 3.8) is 0 Å². The number of carbonyl (C=O) groups excluding carboxylic acids is 1. The van der Waals surface area contributed by atoms with Gasteiger partial charge in [0.1, 0.15) is 5.60 Å². The molecule has 0 aliphatic rings. The van der Waals surface area contributed by atoms with Crippen molar-refractivity contribution in [3.05, 3.63) is 53.6 Å². The quantitative estimate of drug-likeness (QED) is 0.395. The summed E-state index contributed by atoms with van der Waals surface area (Å²) in [4.78, 5) is 11.8. The smallest absolute Gasteiger partial charge is 0.407 e. The zero-order chi connectivity index (χ0) is 26.2. The van der Waals surface area contributed by atoms with Crippen LogP contribution < -0.4 is 11.1 Å². The minimum atomic E-state index is -0.568. The standard InChI is InChI=1S/C19H28N2O3.4C2H6/c1-14(10-11-17(20)15-8-6-5-7-9-15)12-16(13-22)21-18(23)24-19(2,3)4;4*1-2/h5-11,16,22H,12-13,20H2,1-4H3,(H,21,23);4*1-2H3/b14-10+,17-11-;;;;. The molecule has 1 unspecified atom stereocenters. The fraction of sp³-hybridized carbons (Fsp3) is 0.593.